The smallest absolute Gasteiger partial charge is 0.228 e. The van der Waals surface area contributed by atoms with Crippen LogP contribution < -0.4 is 0 Å². The van der Waals surface area contributed by atoms with Crippen LogP contribution in [-0.2, 0) is 19.6 Å². The Morgan fingerprint density at radius 1 is 0.688 bits per heavy atom. The number of hydrogen-bond acceptors (Lipinski definition) is 6. The van der Waals surface area contributed by atoms with Gasteiger partial charge in [-0.05, 0) is 0 Å². The molecule has 0 aromatic rings. The fourth-order valence-corrected chi connectivity index (χ4v) is 0.741. The van der Waals surface area contributed by atoms with Crippen molar-refractivity contribution >= 4 is 0 Å². The van der Waals surface area contributed by atoms with E-state index in [1.807, 2.05) is 0 Å². The van der Waals surface area contributed by atoms with E-state index < -0.39 is 23.4 Å². The predicted octanol–water partition coefficient (Wildman–Crippen LogP) is 2.66. The summed E-state index contributed by atoms with van der Waals surface area (Å²) in [5.74, 6) is 0. The average molecular weight is 238 g/mol. The third kappa shape index (κ3) is 5.20. The molecule has 0 heterocycles. The van der Waals surface area contributed by atoms with E-state index in [4.69, 9.17) is 20.3 Å². The van der Waals surface area contributed by atoms with Crippen LogP contribution >= 0.6 is 0 Å². The highest BCUT2D eigenvalue weighted by Gasteiger charge is 2.33. The molecule has 0 spiro atoms. The van der Waals surface area contributed by atoms with Crippen molar-refractivity contribution in [3.63, 3.8) is 0 Å². The highest BCUT2D eigenvalue weighted by Crippen LogP contribution is 2.27. The fourth-order valence-electron chi connectivity index (χ4n) is 0.741. The summed E-state index contributed by atoms with van der Waals surface area (Å²) in [6.07, 6.45) is -1.96. The van der Waals surface area contributed by atoms with Gasteiger partial charge in [-0.25, -0.2) is 20.3 Å². The van der Waals surface area contributed by atoms with E-state index in [0.717, 1.165) is 0 Å². The van der Waals surface area contributed by atoms with Crippen molar-refractivity contribution in [2.75, 3.05) is 0 Å². The Morgan fingerprint density at radius 2 is 0.938 bits per heavy atom. The first-order valence-electron chi connectivity index (χ1n) is 5.05. The zero-order valence-electron chi connectivity index (χ0n) is 10.7. The molecule has 98 valence electrons. The zero-order chi connectivity index (χ0) is 13.0. The maximum absolute atomic E-state index is 8.64. The van der Waals surface area contributed by atoms with Gasteiger partial charge in [0.1, 0.15) is 0 Å². The Bertz CT molecular complexity index is 170. The Kier molecular flexibility index (Phi) is 5.81. The van der Waals surface area contributed by atoms with E-state index >= 15 is 0 Å². The topological polar surface area (TPSA) is 77.4 Å². The summed E-state index contributed by atoms with van der Waals surface area (Å²) in [6, 6.07) is 0. The first kappa shape index (κ1) is 15.8. The molecule has 0 saturated carbocycles. The van der Waals surface area contributed by atoms with Crippen LogP contribution in [0.1, 0.15) is 41.5 Å². The highest BCUT2D eigenvalue weighted by atomic mass is 17.3. The minimum Gasteiger partial charge on any atom is -0.249 e. The quantitative estimate of drug-likeness (QED) is 0.435. The lowest BCUT2D eigenvalue weighted by molar-refractivity contribution is -0.531. The minimum atomic E-state index is -0.979. The molecule has 0 bridgehead atoms. The van der Waals surface area contributed by atoms with Gasteiger partial charge in [0.25, 0.3) is 0 Å². The molecule has 0 aliphatic heterocycles. The van der Waals surface area contributed by atoms with Crippen molar-refractivity contribution in [1.29, 1.82) is 0 Å². The maximum Gasteiger partial charge on any atom is 0.228 e. The van der Waals surface area contributed by atoms with E-state index in [0.29, 0.717) is 0 Å². The molecule has 0 saturated heterocycles. The van der Waals surface area contributed by atoms with Gasteiger partial charge < -0.3 is 0 Å². The van der Waals surface area contributed by atoms with Crippen molar-refractivity contribution in [3.05, 3.63) is 0 Å². The lowest BCUT2D eigenvalue weighted by Crippen LogP contribution is -2.37. The second-order valence-electron chi connectivity index (χ2n) is 5.80. The molecule has 0 aliphatic rings. The molecular weight excluding hydrogens is 216 g/mol. The second-order valence-corrected chi connectivity index (χ2v) is 5.80. The Morgan fingerprint density at radius 3 is 1.06 bits per heavy atom. The summed E-state index contributed by atoms with van der Waals surface area (Å²) in [4.78, 5) is 18.0. The van der Waals surface area contributed by atoms with Gasteiger partial charge in [0.15, 0.2) is 0 Å². The van der Waals surface area contributed by atoms with E-state index in [1.54, 1.807) is 41.5 Å². The van der Waals surface area contributed by atoms with Gasteiger partial charge in [0.05, 0.1) is 0 Å². The molecule has 6 heteroatoms. The normalized spacial score (nSPS) is 17.2. The van der Waals surface area contributed by atoms with Crippen LogP contribution in [-0.4, -0.2) is 23.1 Å². The largest absolute Gasteiger partial charge is 0.249 e. The van der Waals surface area contributed by atoms with Crippen molar-refractivity contribution in [2.45, 2.75) is 54.1 Å². The minimum absolute atomic E-state index is 0.480. The molecule has 0 radical (unpaired) electrons. The molecule has 2 atom stereocenters. The summed E-state index contributed by atoms with van der Waals surface area (Å²) in [7, 11) is 0. The third-order valence-electron chi connectivity index (χ3n) is 1.84. The van der Waals surface area contributed by atoms with E-state index in [-0.39, 0.29) is 0 Å². The molecule has 2 N–H and O–H groups in total. The van der Waals surface area contributed by atoms with Crippen molar-refractivity contribution in [1.82, 2.24) is 0 Å². The first-order valence-corrected chi connectivity index (χ1v) is 5.05. The average Bonchev–Trinajstić information content (AvgIpc) is 2.08. The molecule has 6 nitrogen and oxygen atoms in total. The van der Waals surface area contributed by atoms with Crippen LogP contribution in [0, 0.1) is 10.8 Å². The molecule has 0 aromatic heterocycles. The highest BCUT2D eigenvalue weighted by molar-refractivity contribution is 4.66. The monoisotopic (exact) mass is 238 g/mol. The first-order chi connectivity index (χ1) is 7.12. The molecule has 0 amide bonds. The van der Waals surface area contributed by atoms with Crippen LogP contribution in [0.4, 0.5) is 0 Å². The van der Waals surface area contributed by atoms with Crippen LogP contribution in [0.15, 0.2) is 0 Å². The summed E-state index contributed by atoms with van der Waals surface area (Å²) in [5, 5.41) is 17.3. The summed E-state index contributed by atoms with van der Waals surface area (Å²) in [5.41, 5.74) is -0.959. The van der Waals surface area contributed by atoms with E-state index in [9.17, 15) is 0 Å². The second kappa shape index (κ2) is 5.90. The van der Waals surface area contributed by atoms with Crippen molar-refractivity contribution in [3.8, 4) is 0 Å². The van der Waals surface area contributed by atoms with Crippen molar-refractivity contribution < 1.29 is 30.1 Å². The van der Waals surface area contributed by atoms with Crippen LogP contribution in [0.5, 0.6) is 0 Å². The van der Waals surface area contributed by atoms with Gasteiger partial charge in [0, 0.05) is 10.8 Å². The Balaban J connectivity index is 4.30. The lowest BCUT2D eigenvalue weighted by atomic mass is 9.96. The maximum atomic E-state index is 8.64. The number of rotatable bonds is 5. The lowest BCUT2D eigenvalue weighted by Gasteiger charge is -2.30. The SMILES string of the molecule is CC(C)(C)C(OO)OOC(OO)C(C)(C)C. The van der Waals surface area contributed by atoms with Crippen LogP contribution in [0.3, 0.4) is 0 Å². The molecule has 0 rings (SSSR count). The zero-order valence-corrected chi connectivity index (χ0v) is 10.7. The molecule has 0 fully saturated rings. The summed E-state index contributed by atoms with van der Waals surface area (Å²) < 4.78 is 0. The molecule has 16 heavy (non-hydrogen) atoms. The third-order valence-corrected chi connectivity index (χ3v) is 1.84. The summed E-state index contributed by atoms with van der Waals surface area (Å²) >= 11 is 0. The number of hydrogen-bond donors (Lipinski definition) is 2. The standard InChI is InChI=1S/C10H22O6/c1-9(2,3)7(13-11)15-16-8(14-12)10(4,5)6/h7-8,11-12H,1-6H3. The molecule has 0 aromatic carbocycles. The van der Waals surface area contributed by atoms with Gasteiger partial charge >= 0.3 is 0 Å². The van der Waals surface area contributed by atoms with Gasteiger partial charge in [-0.2, -0.15) is 9.78 Å². The fraction of sp³-hybridized carbons (Fsp3) is 1.00. The molecule has 2 unspecified atom stereocenters. The predicted molar refractivity (Wildman–Crippen MR) is 56.1 cm³/mol. The van der Waals surface area contributed by atoms with Crippen LogP contribution in [0.2, 0.25) is 0 Å². The molecule has 0 aliphatic carbocycles. The van der Waals surface area contributed by atoms with Gasteiger partial charge in [-0.1, -0.05) is 41.5 Å². The Labute approximate surface area is 95.9 Å². The van der Waals surface area contributed by atoms with Gasteiger partial charge in [-0.3, -0.25) is 0 Å². The summed E-state index contributed by atoms with van der Waals surface area (Å²) in [6.45, 7) is 10.8. The van der Waals surface area contributed by atoms with Gasteiger partial charge in [-0.15, -0.1) is 0 Å². The van der Waals surface area contributed by atoms with Crippen LogP contribution in [0.25, 0.3) is 0 Å². The van der Waals surface area contributed by atoms with Crippen molar-refractivity contribution in [2.24, 2.45) is 10.8 Å². The van der Waals surface area contributed by atoms with E-state index in [2.05, 4.69) is 9.78 Å². The Hall–Kier alpha value is -0.240. The van der Waals surface area contributed by atoms with Gasteiger partial charge in [0.2, 0.25) is 12.6 Å². The van der Waals surface area contributed by atoms with E-state index in [1.165, 1.54) is 0 Å². The molecular formula is C10H22O6.